The van der Waals surface area contributed by atoms with Crippen LogP contribution in [0.1, 0.15) is 5.56 Å². The van der Waals surface area contributed by atoms with E-state index in [9.17, 15) is 8.42 Å². The maximum absolute atomic E-state index is 11.5. The Labute approximate surface area is 126 Å². The number of ether oxygens (including phenoxy) is 1. The van der Waals surface area contributed by atoms with Crippen molar-refractivity contribution in [3.05, 3.63) is 48.0 Å². The summed E-state index contributed by atoms with van der Waals surface area (Å²) in [4.78, 5) is 0.242. The second-order valence-corrected chi connectivity index (χ2v) is 7.17. The molecule has 2 radical (unpaired) electrons. The van der Waals surface area contributed by atoms with E-state index < -0.39 is 9.84 Å². The van der Waals surface area contributed by atoms with Gasteiger partial charge in [0.25, 0.3) is 0 Å². The summed E-state index contributed by atoms with van der Waals surface area (Å²) in [5.41, 5.74) is 0.502. The number of nitriles is 1. The summed E-state index contributed by atoms with van der Waals surface area (Å²) in [5, 5.41) is 8.83. The zero-order valence-electron chi connectivity index (χ0n) is 10.6. The molecular formula is C14H10AsNO3S. The van der Waals surface area contributed by atoms with E-state index in [-0.39, 0.29) is 4.90 Å². The third-order valence-electron chi connectivity index (χ3n) is 2.55. The molecule has 0 saturated carbocycles. The van der Waals surface area contributed by atoms with E-state index in [0.717, 1.165) is 6.26 Å². The van der Waals surface area contributed by atoms with Crippen LogP contribution in [0.15, 0.2) is 47.4 Å². The van der Waals surface area contributed by atoms with Crippen LogP contribution in [0.5, 0.6) is 11.5 Å². The van der Waals surface area contributed by atoms with Crippen LogP contribution in [-0.4, -0.2) is 31.5 Å². The fraction of sp³-hybridized carbons (Fsp3) is 0.0714. The molecule has 20 heavy (non-hydrogen) atoms. The average Bonchev–Trinajstić information content (AvgIpc) is 2.40. The van der Waals surface area contributed by atoms with Gasteiger partial charge in [0.1, 0.15) is 0 Å². The first-order valence-electron chi connectivity index (χ1n) is 5.61. The van der Waals surface area contributed by atoms with Gasteiger partial charge < -0.3 is 0 Å². The van der Waals surface area contributed by atoms with Gasteiger partial charge in [-0.3, -0.25) is 0 Å². The minimum absolute atomic E-state index is 0.242. The van der Waals surface area contributed by atoms with Gasteiger partial charge in [0.05, 0.1) is 0 Å². The Morgan fingerprint density at radius 3 is 2.55 bits per heavy atom. The first kappa shape index (κ1) is 14.6. The van der Waals surface area contributed by atoms with Crippen LogP contribution in [0, 0.1) is 11.3 Å². The van der Waals surface area contributed by atoms with Crippen molar-refractivity contribution < 1.29 is 13.2 Å². The molecule has 0 aliphatic heterocycles. The molecule has 4 nitrogen and oxygen atoms in total. The van der Waals surface area contributed by atoms with Gasteiger partial charge in [0, 0.05) is 0 Å². The Morgan fingerprint density at radius 1 is 1.20 bits per heavy atom. The molecule has 0 aliphatic carbocycles. The molecule has 100 valence electrons. The van der Waals surface area contributed by atoms with Crippen molar-refractivity contribution in [2.75, 3.05) is 6.26 Å². The molecular weight excluding hydrogens is 337 g/mol. The molecule has 6 heteroatoms. The fourth-order valence-electron chi connectivity index (χ4n) is 1.57. The molecule has 0 heterocycles. The summed E-state index contributed by atoms with van der Waals surface area (Å²) in [6, 6.07) is 13.4. The van der Waals surface area contributed by atoms with Gasteiger partial charge in [-0.1, -0.05) is 0 Å². The summed E-state index contributed by atoms with van der Waals surface area (Å²) in [6.07, 6.45) is 1.16. The quantitative estimate of drug-likeness (QED) is 0.790. The van der Waals surface area contributed by atoms with Crippen molar-refractivity contribution in [2.45, 2.75) is 4.90 Å². The second-order valence-electron chi connectivity index (χ2n) is 4.14. The van der Waals surface area contributed by atoms with Crippen molar-refractivity contribution in [3.8, 4) is 17.6 Å². The Balaban J connectivity index is 2.33. The van der Waals surface area contributed by atoms with Crippen LogP contribution in [-0.2, 0) is 9.84 Å². The number of benzene rings is 2. The zero-order valence-corrected chi connectivity index (χ0v) is 13.3. The Morgan fingerprint density at radius 2 is 1.95 bits per heavy atom. The monoisotopic (exact) mass is 347 g/mol. The van der Waals surface area contributed by atoms with Gasteiger partial charge in [0.15, 0.2) is 0 Å². The predicted octanol–water partition coefficient (Wildman–Crippen LogP) is 1.55. The van der Waals surface area contributed by atoms with Gasteiger partial charge in [-0.2, -0.15) is 0 Å². The Bertz CT molecular complexity index is 794. The molecule has 0 saturated heterocycles. The molecule has 0 amide bonds. The van der Waals surface area contributed by atoms with Crippen LogP contribution < -0.4 is 9.09 Å². The van der Waals surface area contributed by atoms with Crippen molar-refractivity contribution >= 4 is 31.0 Å². The second kappa shape index (κ2) is 5.70. The van der Waals surface area contributed by atoms with Crippen LogP contribution in [0.25, 0.3) is 0 Å². The number of nitrogens with zero attached hydrogens (tertiary/aromatic N) is 1. The molecule has 0 bridgehead atoms. The van der Waals surface area contributed by atoms with Gasteiger partial charge in [0.2, 0.25) is 0 Å². The van der Waals surface area contributed by atoms with Crippen LogP contribution in [0.4, 0.5) is 0 Å². The topological polar surface area (TPSA) is 67.2 Å². The van der Waals surface area contributed by atoms with Crippen LogP contribution >= 0.6 is 0 Å². The number of hydrogen-bond donors (Lipinski definition) is 0. The first-order chi connectivity index (χ1) is 9.40. The summed E-state index contributed by atoms with van der Waals surface area (Å²) >= 11 is 2.28. The molecule has 0 fully saturated rings. The number of rotatable bonds is 3. The van der Waals surface area contributed by atoms with Gasteiger partial charge in [-0.05, 0) is 0 Å². The van der Waals surface area contributed by atoms with Crippen molar-refractivity contribution in [2.24, 2.45) is 0 Å². The van der Waals surface area contributed by atoms with E-state index >= 15 is 0 Å². The predicted molar refractivity (Wildman–Crippen MR) is 76.2 cm³/mol. The zero-order chi connectivity index (χ0) is 14.8. The van der Waals surface area contributed by atoms with E-state index in [0.29, 0.717) is 21.4 Å². The van der Waals surface area contributed by atoms with Crippen LogP contribution in [0.2, 0.25) is 0 Å². The molecule has 2 aromatic carbocycles. The molecule has 0 aliphatic rings. The minimum atomic E-state index is -3.23. The molecule has 0 unspecified atom stereocenters. The Hall–Kier alpha value is -1.76. The molecule has 0 N–H and O–H groups in total. The molecule has 0 aromatic heterocycles. The fourth-order valence-corrected chi connectivity index (χ4v) is 2.95. The number of sulfone groups is 1. The van der Waals surface area contributed by atoms with Gasteiger partial charge in [-0.25, -0.2) is 0 Å². The number of hydrogen-bond acceptors (Lipinski definition) is 4. The Kier molecular flexibility index (Phi) is 4.17. The van der Waals surface area contributed by atoms with Crippen molar-refractivity contribution in [1.29, 1.82) is 5.26 Å². The molecule has 0 spiro atoms. The molecule has 2 rings (SSSR count). The van der Waals surface area contributed by atoms with E-state index in [1.54, 1.807) is 36.4 Å². The SMILES string of the molecule is CS(=O)(=O)c1ccc(Oc2cccc(C#N)c2)c([As])c1. The molecule has 0 atom stereocenters. The summed E-state index contributed by atoms with van der Waals surface area (Å²) in [5.74, 6) is 1.07. The summed E-state index contributed by atoms with van der Waals surface area (Å²) in [6.45, 7) is 0. The first-order valence-corrected chi connectivity index (χ1v) is 8.44. The summed E-state index contributed by atoms with van der Waals surface area (Å²) < 4.78 is 29.2. The standard InChI is InChI=1S/C14H10AsNO3S/c1-20(17,18)12-5-6-14(13(15)8-12)19-11-4-2-3-10(7-11)9-16/h2-8H,1H3. The normalized spacial score (nSPS) is 10.8. The van der Waals surface area contributed by atoms with E-state index in [1.165, 1.54) is 6.07 Å². The van der Waals surface area contributed by atoms with Crippen molar-refractivity contribution in [3.63, 3.8) is 0 Å². The molecule has 2 aromatic rings. The summed E-state index contributed by atoms with van der Waals surface area (Å²) in [7, 11) is -3.23. The maximum atomic E-state index is 11.5. The third kappa shape index (κ3) is 3.41. The van der Waals surface area contributed by atoms with E-state index in [4.69, 9.17) is 10.00 Å². The van der Waals surface area contributed by atoms with Gasteiger partial charge >= 0.3 is 126 Å². The van der Waals surface area contributed by atoms with Gasteiger partial charge in [-0.15, -0.1) is 0 Å². The van der Waals surface area contributed by atoms with Crippen LogP contribution in [0.3, 0.4) is 0 Å². The average molecular weight is 347 g/mol. The van der Waals surface area contributed by atoms with E-state index in [2.05, 4.69) is 16.9 Å². The van der Waals surface area contributed by atoms with E-state index in [1.807, 2.05) is 6.07 Å². The third-order valence-corrected chi connectivity index (χ3v) is 4.39. The van der Waals surface area contributed by atoms with Crippen molar-refractivity contribution in [1.82, 2.24) is 0 Å².